The fraction of sp³-hybridized carbons (Fsp3) is 0.278. The molecule has 1 aliphatic heterocycles. The molecule has 1 aliphatic rings. The number of carbonyl (C=O) groups excluding carboxylic acids is 1. The number of rotatable bonds is 5. The van der Waals surface area contributed by atoms with Crippen LogP contribution in [0.1, 0.15) is 11.6 Å². The van der Waals surface area contributed by atoms with Crippen LogP contribution in [0.25, 0.3) is 0 Å². The van der Waals surface area contributed by atoms with Gasteiger partial charge in [-0.25, -0.2) is 0 Å². The van der Waals surface area contributed by atoms with Crippen LogP contribution in [0.4, 0.5) is 5.69 Å². The number of ether oxygens (including phenoxy) is 3. The van der Waals surface area contributed by atoms with Gasteiger partial charge in [0, 0.05) is 12.8 Å². The Balaban J connectivity index is 1.92. The van der Waals surface area contributed by atoms with Gasteiger partial charge in [-0.2, -0.15) is 0 Å². The zero-order valence-corrected chi connectivity index (χ0v) is 13.4. The molecule has 0 saturated carbocycles. The Morgan fingerprint density at radius 1 is 0.826 bits per heavy atom. The molecule has 0 radical (unpaired) electrons. The summed E-state index contributed by atoms with van der Waals surface area (Å²) in [6, 6.07) is 15.0. The Labute approximate surface area is 135 Å². The SMILES string of the molecule is COc1ccc([C@@H]2[C@H](OC)C(=O)N2c2ccc(OC)cc2)cc1. The highest BCUT2D eigenvalue weighted by atomic mass is 16.5. The predicted molar refractivity (Wildman–Crippen MR) is 87.0 cm³/mol. The molecule has 0 N–H and O–H groups in total. The minimum absolute atomic E-state index is 0.0431. The molecule has 0 aromatic heterocycles. The first kappa shape index (κ1) is 15.4. The summed E-state index contributed by atoms with van der Waals surface area (Å²) in [6.45, 7) is 0. The lowest BCUT2D eigenvalue weighted by molar-refractivity contribution is -0.139. The molecule has 1 heterocycles. The first-order chi connectivity index (χ1) is 11.2. The molecule has 1 fully saturated rings. The maximum atomic E-state index is 12.4. The maximum Gasteiger partial charge on any atom is 0.259 e. The number of amides is 1. The molecule has 0 aliphatic carbocycles. The van der Waals surface area contributed by atoms with Crippen LogP contribution >= 0.6 is 0 Å². The second-order valence-corrected chi connectivity index (χ2v) is 5.28. The Hall–Kier alpha value is -2.53. The van der Waals surface area contributed by atoms with Gasteiger partial charge in [-0.3, -0.25) is 9.69 Å². The first-order valence-electron chi connectivity index (χ1n) is 7.33. The summed E-state index contributed by atoms with van der Waals surface area (Å²) < 4.78 is 15.7. The molecule has 0 spiro atoms. The highest BCUT2D eigenvalue weighted by Crippen LogP contribution is 2.41. The van der Waals surface area contributed by atoms with Crippen LogP contribution in [0, 0.1) is 0 Å². The lowest BCUT2D eigenvalue weighted by Gasteiger charge is -2.46. The van der Waals surface area contributed by atoms with E-state index in [1.54, 1.807) is 26.2 Å². The van der Waals surface area contributed by atoms with E-state index in [-0.39, 0.29) is 11.9 Å². The van der Waals surface area contributed by atoms with Crippen LogP contribution in [0.15, 0.2) is 48.5 Å². The van der Waals surface area contributed by atoms with Crippen molar-refractivity contribution in [2.24, 2.45) is 0 Å². The van der Waals surface area contributed by atoms with E-state index < -0.39 is 6.10 Å². The van der Waals surface area contributed by atoms with Crippen LogP contribution < -0.4 is 14.4 Å². The number of benzene rings is 2. The van der Waals surface area contributed by atoms with Crippen LogP contribution in [0.5, 0.6) is 11.5 Å². The quantitative estimate of drug-likeness (QED) is 0.797. The minimum Gasteiger partial charge on any atom is -0.497 e. The topological polar surface area (TPSA) is 48.0 Å². The zero-order chi connectivity index (χ0) is 16.4. The average molecular weight is 313 g/mol. The molecule has 1 amide bonds. The van der Waals surface area contributed by atoms with E-state index in [4.69, 9.17) is 14.2 Å². The van der Waals surface area contributed by atoms with Crippen molar-refractivity contribution in [3.05, 3.63) is 54.1 Å². The van der Waals surface area contributed by atoms with Crippen molar-refractivity contribution < 1.29 is 19.0 Å². The van der Waals surface area contributed by atoms with E-state index in [1.165, 1.54) is 0 Å². The lowest BCUT2D eigenvalue weighted by atomic mass is 9.89. The molecule has 23 heavy (non-hydrogen) atoms. The fourth-order valence-corrected chi connectivity index (χ4v) is 2.85. The molecule has 0 bridgehead atoms. The molecule has 2 atom stereocenters. The lowest BCUT2D eigenvalue weighted by Crippen LogP contribution is -2.59. The van der Waals surface area contributed by atoms with Crippen molar-refractivity contribution in [1.82, 2.24) is 0 Å². The van der Waals surface area contributed by atoms with Gasteiger partial charge in [0.05, 0.1) is 20.3 Å². The van der Waals surface area contributed by atoms with Gasteiger partial charge in [0.25, 0.3) is 5.91 Å². The number of anilines is 1. The number of hydrogen-bond acceptors (Lipinski definition) is 4. The Bertz CT molecular complexity index is 681. The Morgan fingerprint density at radius 3 is 1.83 bits per heavy atom. The smallest absolute Gasteiger partial charge is 0.259 e. The number of carbonyl (C=O) groups is 1. The van der Waals surface area contributed by atoms with Gasteiger partial charge in [0.15, 0.2) is 6.10 Å². The standard InChI is InChI=1S/C18H19NO4/c1-21-14-8-4-12(5-9-14)16-17(23-3)18(20)19(16)13-6-10-15(22-2)11-7-13/h4-11,16-17H,1-3H3/t16-,17+/m1/s1. The predicted octanol–water partition coefficient (Wildman–Crippen LogP) is 2.81. The second kappa shape index (κ2) is 6.30. The fourth-order valence-electron chi connectivity index (χ4n) is 2.85. The van der Waals surface area contributed by atoms with Crippen molar-refractivity contribution >= 4 is 11.6 Å². The van der Waals surface area contributed by atoms with Gasteiger partial charge in [0.1, 0.15) is 11.5 Å². The summed E-state index contributed by atoms with van der Waals surface area (Å²) in [5, 5.41) is 0. The van der Waals surface area contributed by atoms with Gasteiger partial charge >= 0.3 is 0 Å². The van der Waals surface area contributed by atoms with E-state index >= 15 is 0 Å². The van der Waals surface area contributed by atoms with Crippen molar-refractivity contribution in [3.63, 3.8) is 0 Å². The molecule has 5 nitrogen and oxygen atoms in total. The molecular formula is C18H19NO4. The number of nitrogens with zero attached hydrogens (tertiary/aromatic N) is 1. The molecule has 120 valence electrons. The summed E-state index contributed by atoms with van der Waals surface area (Å²) in [5.74, 6) is 1.49. The number of hydrogen-bond donors (Lipinski definition) is 0. The Kier molecular flexibility index (Phi) is 4.21. The van der Waals surface area contributed by atoms with E-state index in [1.807, 2.05) is 48.5 Å². The maximum absolute atomic E-state index is 12.4. The molecule has 0 unspecified atom stereocenters. The van der Waals surface area contributed by atoms with E-state index in [0.717, 1.165) is 22.7 Å². The molecule has 2 aromatic rings. The van der Waals surface area contributed by atoms with Crippen molar-refractivity contribution in [2.75, 3.05) is 26.2 Å². The van der Waals surface area contributed by atoms with Crippen LogP contribution in [-0.4, -0.2) is 33.3 Å². The third kappa shape index (κ3) is 2.64. The number of methoxy groups -OCH3 is 3. The highest BCUT2D eigenvalue weighted by Gasteiger charge is 2.49. The Morgan fingerprint density at radius 2 is 1.35 bits per heavy atom. The summed E-state index contributed by atoms with van der Waals surface area (Å²) in [7, 11) is 4.80. The van der Waals surface area contributed by atoms with Crippen LogP contribution in [0.2, 0.25) is 0 Å². The third-order valence-corrected chi connectivity index (χ3v) is 4.11. The molecule has 3 rings (SSSR count). The van der Waals surface area contributed by atoms with Gasteiger partial charge in [-0.15, -0.1) is 0 Å². The molecule has 1 saturated heterocycles. The van der Waals surface area contributed by atoms with Crippen LogP contribution in [-0.2, 0) is 9.53 Å². The van der Waals surface area contributed by atoms with Gasteiger partial charge in [-0.1, -0.05) is 12.1 Å². The van der Waals surface area contributed by atoms with E-state index in [9.17, 15) is 4.79 Å². The van der Waals surface area contributed by atoms with Gasteiger partial charge in [0.2, 0.25) is 0 Å². The molecule has 2 aromatic carbocycles. The highest BCUT2D eigenvalue weighted by molar-refractivity contribution is 6.05. The summed E-state index contributed by atoms with van der Waals surface area (Å²) in [4.78, 5) is 14.1. The molecular weight excluding hydrogens is 294 g/mol. The summed E-state index contributed by atoms with van der Waals surface area (Å²) in [6.07, 6.45) is -0.467. The average Bonchev–Trinajstić information content (AvgIpc) is 2.61. The summed E-state index contributed by atoms with van der Waals surface area (Å²) >= 11 is 0. The van der Waals surface area contributed by atoms with Crippen molar-refractivity contribution in [2.45, 2.75) is 12.1 Å². The van der Waals surface area contributed by atoms with E-state index in [0.29, 0.717) is 0 Å². The first-order valence-corrected chi connectivity index (χ1v) is 7.33. The van der Waals surface area contributed by atoms with Crippen molar-refractivity contribution in [3.8, 4) is 11.5 Å². The summed E-state index contributed by atoms with van der Waals surface area (Å²) in [5.41, 5.74) is 1.83. The van der Waals surface area contributed by atoms with Gasteiger partial charge < -0.3 is 14.2 Å². The minimum atomic E-state index is -0.467. The monoisotopic (exact) mass is 313 g/mol. The van der Waals surface area contributed by atoms with E-state index in [2.05, 4.69) is 0 Å². The van der Waals surface area contributed by atoms with Crippen molar-refractivity contribution in [1.29, 1.82) is 0 Å². The second-order valence-electron chi connectivity index (χ2n) is 5.28. The van der Waals surface area contributed by atoms with Crippen LogP contribution in [0.3, 0.4) is 0 Å². The normalized spacial score (nSPS) is 20.1. The third-order valence-electron chi connectivity index (χ3n) is 4.11. The molecule has 5 heteroatoms. The number of β-lactam (4-membered cyclic amide) rings is 1. The zero-order valence-electron chi connectivity index (χ0n) is 13.4. The van der Waals surface area contributed by atoms with Gasteiger partial charge in [-0.05, 0) is 42.0 Å². The largest absolute Gasteiger partial charge is 0.497 e.